The molecule has 0 saturated heterocycles. The fourth-order valence-electron chi connectivity index (χ4n) is 3.54. The average molecular weight is 355 g/mol. The van der Waals surface area contributed by atoms with E-state index in [1.54, 1.807) is 24.1 Å². The second-order valence-corrected chi connectivity index (χ2v) is 7.32. The molecule has 6 heteroatoms. The molecule has 1 aromatic rings. The Kier molecular flexibility index (Phi) is 5.30. The molecular weight excluding hydrogens is 331 g/mol. The van der Waals surface area contributed by atoms with Crippen molar-refractivity contribution in [2.75, 3.05) is 13.7 Å². The zero-order valence-corrected chi connectivity index (χ0v) is 14.7. The van der Waals surface area contributed by atoms with E-state index in [4.69, 9.17) is 16.3 Å². The van der Waals surface area contributed by atoms with Gasteiger partial charge < -0.3 is 15.0 Å². The highest BCUT2D eigenvalue weighted by atomic mass is 35.5. The van der Waals surface area contributed by atoms with Gasteiger partial charge in [-0.15, -0.1) is 0 Å². The zero-order valence-electron chi connectivity index (χ0n) is 14.0. The number of benzene rings is 1. The van der Waals surface area contributed by atoms with Crippen LogP contribution in [0.4, 0.5) is 9.18 Å². The molecular formula is C18H24ClFN2O2. The van der Waals surface area contributed by atoms with Gasteiger partial charge in [0.25, 0.3) is 0 Å². The Bertz CT molecular complexity index is 580. The smallest absolute Gasteiger partial charge is 0.318 e. The zero-order chi connectivity index (χ0) is 17.2. The van der Waals surface area contributed by atoms with E-state index in [0.717, 1.165) is 38.5 Å². The van der Waals surface area contributed by atoms with Crippen LogP contribution in [0, 0.1) is 5.82 Å². The van der Waals surface area contributed by atoms with Crippen molar-refractivity contribution in [2.45, 2.75) is 56.7 Å². The summed E-state index contributed by atoms with van der Waals surface area (Å²) in [6, 6.07) is 4.65. The van der Waals surface area contributed by atoms with Gasteiger partial charge in [-0.25, -0.2) is 9.18 Å². The first kappa shape index (κ1) is 17.5. The van der Waals surface area contributed by atoms with E-state index in [9.17, 15) is 9.18 Å². The number of nitrogens with one attached hydrogen (secondary N) is 1. The van der Waals surface area contributed by atoms with Crippen LogP contribution in [-0.2, 0) is 11.3 Å². The number of nitrogens with zero attached hydrogens (tertiary/aromatic N) is 1. The lowest BCUT2D eigenvalue weighted by Gasteiger charge is -2.33. The summed E-state index contributed by atoms with van der Waals surface area (Å²) >= 11 is 6.13. The highest BCUT2D eigenvalue weighted by Crippen LogP contribution is 2.33. The van der Waals surface area contributed by atoms with Gasteiger partial charge in [0.2, 0.25) is 0 Å². The quantitative estimate of drug-likeness (QED) is 0.835. The second kappa shape index (κ2) is 7.28. The first-order valence-corrected chi connectivity index (χ1v) is 8.93. The molecule has 0 heterocycles. The van der Waals surface area contributed by atoms with Crippen LogP contribution in [-0.4, -0.2) is 36.2 Å². The van der Waals surface area contributed by atoms with Gasteiger partial charge in [-0.05, 0) is 37.8 Å². The molecule has 132 valence electrons. The van der Waals surface area contributed by atoms with Crippen molar-refractivity contribution in [1.29, 1.82) is 0 Å². The van der Waals surface area contributed by atoms with E-state index in [2.05, 4.69) is 5.32 Å². The third-order valence-electron chi connectivity index (χ3n) is 4.99. The van der Waals surface area contributed by atoms with Crippen LogP contribution in [0.1, 0.15) is 44.1 Å². The van der Waals surface area contributed by atoms with Gasteiger partial charge >= 0.3 is 6.03 Å². The average Bonchev–Trinajstić information content (AvgIpc) is 3.27. The number of urea groups is 1. The van der Waals surface area contributed by atoms with Gasteiger partial charge in [0.05, 0.1) is 18.7 Å². The summed E-state index contributed by atoms with van der Waals surface area (Å²) in [4.78, 5) is 14.6. The Labute approximate surface area is 147 Å². The number of hydrogen-bond donors (Lipinski definition) is 1. The van der Waals surface area contributed by atoms with Crippen molar-refractivity contribution in [3.8, 4) is 0 Å². The van der Waals surface area contributed by atoms with E-state index < -0.39 is 0 Å². The van der Waals surface area contributed by atoms with Crippen LogP contribution in [0.3, 0.4) is 0 Å². The van der Waals surface area contributed by atoms with Gasteiger partial charge in [0, 0.05) is 23.7 Å². The molecule has 2 fully saturated rings. The summed E-state index contributed by atoms with van der Waals surface area (Å²) in [5.74, 6) is -0.367. The third kappa shape index (κ3) is 3.83. The van der Waals surface area contributed by atoms with Crippen molar-refractivity contribution in [1.82, 2.24) is 10.2 Å². The predicted octanol–water partition coefficient (Wildman–Crippen LogP) is 4.11. The molecule has 0 unspecified atom stereocenters. The van der Waals surface area contributed by atoms with Gasteiger partial charge in [0.1, 0.15) is 5.82 Å². The third-order valence-corrected chi connectivity index (χ3v) is 5.35. The summed E-state index contributed by atoms with van der Waals surface area (Å²) in [6.07, 6.45) is 5.93. The summed E-state index contributed by atoms with van der Waals surface area (Å²) in [5.41, 5.74) is 0.0892. The van der Waals surface area contributed by atoms with Crippen molar-refractivity contribution in [3.05, 3.63) is 34.6 Å². The molecule has 0 aromatic heterocycles. The van der Waals surface area contributed by atoms with E-state index >= 15 is 0 Å². The van der Waals surface area contributed by atoms with E-state index in [1.807, 2.05) is 0 Å². The summed E-state index contributed by atoms with van der Waals surface area (Å²) in [5, 5.41) is 3.53. The number of carbonyl (C=O) groups is 1. The van der Waals surface area contributed by atoms with Crippen LogP contribution < -0.4 is 5.32 Å². The molecule has 0 atom stereocenters. The lowest BCUT2D eigenvalue weighted by atomic mass is 9.99. The van der Waals surface area contributed by atoms with Crippen LogP contribution >= 0.6 is 11.6 Å². The maximum absolute atomic E-state index is 14.1. The fraction of sp³-hybridized carbons (Fsp3) is 0.611. The molecule has 3 rings (SSSR count). The normalized spacial score (nSPS) is 19.3. The van der Waals surface area contributed by atoms with Crippen molar-refractivity contribution < 1.29 is 13.9 Å². The standard InChI is InChI=1S/C18H24ClFN2O2/c1-24-12-18(9-2-3-10-18)21-17(23)22(13-7-8-13)11-14-15(19)5-4-6-16(14)20/h4-6,13H,2-3,7-12H2,1H3,(H,21,23). The predicted molar refractivity (Wildman–Crippen MR) is 91.6 cm³/mol. The number of methoxy groups -OCH3 is 1. The Balaban J connectivity index is 1.75. The first-order valence-electron chi connectivity index (χ1n) is 8.55. The molecule has 2 aliphatic carbocycles. The number of ether oxygens (including phenoxy) is 1. The lowest BCUT2D eigenvalue weighted by Crippen LogP contribution is -2.54. The highest BCUT2D eigenvalue weighted by molar-refractivity contribution is 6.31. The minimum atomic E-state index is -0.367. The van der Waals surface area contributed by atoms with Crippen LogP contribution in [0.5, 0.6) is 0 Å². The monoisotopic (exact) mass is 354 g/mol. The van der Waals surface area contributed by atoms with Gasteiger partial charge in [0.15, 0.2) is 0 Å². The number of carbonyl (C=O) groups excluding carboxylic acids is 1. The summed E-state index contributed by atoms with van der Waals surface area (Å²) in [6.45, 7) is 0.711. The van der Waals surface area contributed by atoms with Gasteiger partial charge in [-0.3, -0.25) is 0 Å². The fourth-order valence-corrected chi connectivity index (χ4v) is 3.76. The van der Waals surface area contributed by atoms with E-state index in [-0.39, 0.29) is 30.0 Å². The van der Waals surface area contributed by atoms with Crippen LogP contribution in [0.15, 0.2) is 18.2 Å². The Hall–Kier alpha value is -1.33. The largest absolute Gasteiger partial charge is 0.382 e. The molecule has 4 nitrogen and oxygen atoms in total. The number of amides is 2. The minimum Gasteiger partial charge on any atom is -0.382 e. The number of hydrogen-bond acceptors (Lipinski definition) is 2. The molecule has 2 aliphatic rings. The molecule has 1 N–H and O–H groups in total. The summed E-state index contributed by atoms with van der Waals surface area (Å²) < 4.78 is 19.4. The minimum absolute atomic E-state index is 0.143. The SMILES string of the molecule is COCC1(NC(=O)N(Cc2c(F)cccc2Cl)C2CC2)CCCC1. The van der Waals surface area contributed by atoms with Crippen LogP contribution in [0.2, 0.25) is 5.02 Å². The molecule has 0 spiro atoms. The van der Waals surface area contributed by atoms with E-state index in [1.165, 1.54) is 6.07 Å². The molecule has 0 bridgehead atoms. The molecule has 2 amide bonds. The topological polar surface area (TPSA) is 41.6 Å². The molecule has 2 saturated carbocycles. The molecule has 1 aromatic carbocycles. The second-order valence-electron chi connectivity index (χ2n) is 6.91. The highest BCUT2D eigenvalue weighted by Gasteiger charge is 2.40. The van der Waals surface area contributed by atoms with Crippen molar-refractivity contribution >= 4 is 17.6 Å². The maximum atomic E-state index is 14.1. The Morgan fingerprint density at radius 1 is 1.42 bits per heavy atom. The lowest BCUT2D eigenvalue weighted by molar-refractivity contribution is 0.106. The number of halogens is 2. The van der Waals surface area contributed by atoms with Gasteiger partial charge in [-0.1, -0.05) is 30.5 Å². The van der Waals surface area contributed by atoms with Crippen molar-refractivity contribution in [2.24, 2.45) is 0 Å². The summed E-state index contributed by atoms with van der Waals surface area (Å²) in [7, 11) is 1.66. The van der Waals surface area contributed by atoms with Crippen LogP contribution in [0.25, 0.3) is 0 Å². The Morgan fingerprint density at radius 2 is 2.12 bits per heavy atom. The number of rotatable bonds is 6. The Morgan fingerprint density at radius 3 is 2.71 bits per heavy atom. The molecule has 0 aliphatic heterocycles. The molecule has 0 radical (unpaired) electrons. The van der Waals surface area contributed by atoms with Gasteiger partial charge in [-0.2, -0.15) is 0 Å². The molecule has 24 heavy (non-hydrogen) atoms. The van der Waals surface area contributed by atoms with E-state index in [0.29, 0.717) is 17.2 Å². The maximum Gasteiger partial charge on any atom is 0.318 e. The first-order chi connectivity index (χ1) is 11.5. The van der Waals surface area contributed by atoms with Crippen molar-refractivity contribution in [3.63, 3.8) is 0 Å².